The number of rotatable bonds is 6. The molecular formula is C14H17BrN4. The Balaban J connectivity index is 1.89. The summed E-state index contributed by atoms with van der Waals surface area (Å²) in [6.45, 7) is 3.74. The Kier molecular flexibility index (Phi) is 5.15. The summed E-state index contributed by atoms with van der Waals surface area (Å²) in [5, 5.41) is 6.47. The number of hydrogen-bond acceptors (Lipinski definition) is 4. The van der Waals surface area contributed by atoms with Crippen molar-refractivity contribution in [2.45, 2.75) is 13.3 Å². The molecule has 2 aromatic rings. The molecular weight excluding hydrogens is 304 g/mol. The van der Waals surface area contributed by atoms with E-state index in [0.29, 0.717) is 0 Å². The molecule has 0 bridgehead atoms. The first-order valence-corrected chi connectivity index (χ1v) is 7.12. The molecule has 100 valence electrons. The minimum Gasteiger partial charge on any atom is -0.370 e. The van der Waals surface area contributed by atoms with Crippen LogP contribution in [0.25, 0.3) is 0 Å². The number of halogens is 1. The smallest absolute Gasteiger partial charge is 0.131 e. The molecule has 2 N–H and O–H groups in total. The van der Waals surface area contributed by atoms with Gasteiger partial charge in [0, 0.05) is 23.6 Å². The predicted octanol–water partition coefficient (Wildman–Crippen LogP) is 3.33. The minimum atomic E-state index is 0.838. The monoisotopic (exact) mass is 320 g/mol. The van der Waals surface area contributed by atoms with Crippen molar-refractivity contribution in [3.05, 3.63) is 46.7 Å². The molecule has 0 fully saturated rings. The highest BCUT2D eigenvalue weighted by atomic mass is 79.9. The second-order valence-electron chi connectivity index (χ2n) is 4.09. The van der Waals surface area contributed by atoms with E-state index in [4.69, 9.17) is 0 Å². The molecule has 0 saturated heterocycles. The van der Waals surface area contributed by atoms with Crippen molar-refractivity contribution in [1.82, 2.24) is 9.97 Å². The Morgan fingerprint density at radius 1 is 1.11 bits per heavy atom. The highest BCUT2D eigenvalue weighted by Gasteiger charge is 2.00. The van der Waals surface area contributed by atoms with Crippen LogP contribution in [0.15, 0.2) is 41.1 Å². The molecule has 0 amide bonds. The van der Waals surface area contributed by atoms with E-state index in [1.807, 2.05) is 25.1 Å². The van der Waals surface area contributed by atoms with Gasteiger partial charge >= 0.3 is 0 Å². The molecule has 0 saturated carbocycles. The van der Waals surface area contributed by atoms with Crippen LogP contribution in [0, 0.1) is 0 Å². The van der Waals surface area contributed by atoms with Crippen LogP contribution >= 0.6 is 15.9 Å². The Morgan fingerprint density at radius 2 is 1.84 bits per heavy atom. The third-order valence-corrected chi connectivity index (χ3v) is 3.46. The van der Waals surface area contributed by atoms with Crippen molar-refractivity contribution in [3.8, 4) is 0 Å². The molecule has 0 aliphatic carbocycles. The quantitative estimate of drug-likeness (QED) is 0.857. The minimum absolute atomic E-state index is 0.838. The van der Waals surface area contributed by atoms with Crippen molar-refractivity contribution in [2.24, 2.45) is 0 Å². The van der Waals surface area contributed by atoms with Crippen molar-refractivity contribution >= 4 is 27.6 Å². The highest BCUT2D eigenvalue weighted by molar-refractivity contribution is 9.10. The van der Waals surface area contributed by atoms with Crippen LogP contribution in [0.3, 0.4) is 0 Å². The van der Waals surface area contributed by atoms with Crippen molar-refractivity contribution in [3.63, 3.8) is 0 Å². The van der Waals surface area contributed by atoms with E-state index in [0.717, 1.165) is 35.6 Å². The van der Waals surface area contributed by atoms with Gasteiger partial charge < -0.3 is 10.6 Å². The fourth-order valence-corrected chi connectivity index (χ4v) is 2.24. The first-order chi connectivity index (χ1) is 9.29. The molecule has 0 unspecified atom stereocenters. The summed E-state index contributed by atoms with van der Waals surface area (Å²) < 4.78 is 1.15. The summed E-state index contributed by atoms with van der Waals surface area (Å²) in [5.41, 5.74) is 1.29. The van der Waals surface area contributed by atoms with E-state index >= 15 is 0 Å². The second kappa shape index (κ2) is 7.09. The van der Waals surface area contributed by atoms with Crippen LogP contribution in [0.2, 0.25) is 0 Å². The molecule has 19 heavy (non-hydrogen) atoms. The summed E-state index contributed by atoms with van der Waals surface area (Å²) in [5.74, 6) is 1.69. The number of nitrogens with zero attached hydrogens (tertiary/aromatic N) is 2. The van der Waals surface area contributed by atoms with Gasteiger partial charge in [-0.3, -0.25) is 0 Å². The van der Waals surface area contributed by atoms with Crippen LogP contribution < -0.4 is 10.6 Å². The van der Waals surface area contributed by atoms with Gasteiger partial charge in [0.05, 0.1) is 0 Å². The lowest BCUT2D eigenvalue weighted by Gasteiger charge is -2.08. The Morgan fingerprint density at radius 3 is 2.58 bits per heavy atom. The van der Waals surface area contributed by atoms with Crippen LogP contribution in [0.4, 0.5) is 11.6 Å². The van der Waals surface area contributed by atoms with E-state index in [-0.39, 0.29) is 0 Å². The summed E-state index contributed by atoms with van der Waals surface area (Å²) in [4.78, 5) is 8.34. The molecule has 4 nitrogen and oxygen atoms in total. The molecule has 0 aliphatic heterocycles. The van der Waals surface area contributed by atoms with Gasteiger partial charge in [-0.05, 0) is 25.0 Å². The van der Waals surface area contributed by atoms with Crippen molar-refractivity contribution < 1.29 is 0 Å². The fourth-order valence-electron chi connectivity index (χ4n) is 1.76. The van der Waals surface area contributed by atoms with Crippen molar-refractivity contribution in [1.29, 1.82) is 0 Å². The molecule has 1 aromatic carbocycles. The number of benzene rings is 1. The van der Waals surface area contributed by atoms with E-state index < -0.39 is 0 Å². The van der Waals surface area contributed by atoms with Crippen LogP contribution in [0.5, 0.6) is 0 Å². The third kappa shape index (κ3) is 4.21. The lowest BCUT2D eigenvalue weighted by atomic mass is 10.1. The summed E-state index contributed by atoms with van der Waals surface area (Å²) >= 11 is 3.55. The fraction of sp³-hybridized carbons (Fsp3) is 0.286. The van der Waals surface area contributed by atoms with E-state index in [9.17, 15) is 0 Å². The van der Waals surface area contributed by atoms with Gasteiger partial charge in [-0.1, -0.05) is 34.1 Å². The summed E-state index contributed by atoms with van der Waals surface area (Å²) in [6.07, 6.45) is 2.51. The lowest BCUT2D eigenvalue weighted by molar-refractivity contribution is 0.992. The summed E-state index contributed by atoms with van der Waals surface area (Å²) in [6, 6.07) is 10.2. The number of hydrogen-bond donors (Lipinski definition) is 2. The second-order valence-corrected chi connectivity index (χ2v) is 4.94. The SMILES string of the molecule is CCNc1cc(NCCc2ccccc2Br)ncn1. The van der Waals surface area contributed by atoms with Gasteiger partial charge in [-0.15, -0.1) is 0 Å². The molecule has 0 aliphatic rings. The molecule has 1 aromatic heterocycles. The first-order valence-electron chi connectivity index (χ1n) is 6.33. The van der Waals surface area contributed by atoms with E-state index in [2.05, 4.69) is 48.7 Å². The average molecular weight is 321 g/mol. The van der Waals surface area contributed by atoms with Gasteiger partial charge in [0.15, 0.2) is 0 Å². The Hall–Kier alpha value is -1.62. The average Bonchev–Trinajstić information content (AvgIpc) is 2.42. The van der Waals surface area contributed by atoms with Gasteiger partial charge in [-0.25, -0.2) is 9.97 Å². The maximum atomic E-state index is 4.20. The zero-order valence-corrected chi connectivity index (χ0v) is 12.4. The summed E-state index contributed by atoms with van der Waals surface area (Å²) in [7, 11) is 0. The van der Waals surface area contributed by atoms with Crippen molar-refractivity contribution in [2.75, 3.05) is 23.7 Å². The maximum absolute atomic E-state index is 4.20. The standard InChI is InChI=1S/C14H17BrN4/c1-2-16-13-9-14(19-10-18-13)17-8-7-11-5-3-4-6-12(11)15/h3-6,9-10H,2,7-8H2,1H3,(H2,16,17,18,19). The lowest BCUT2D eigenvalue weighted by Crippen LogP contribution is -2.08. The zero-order chi connectivity index (χ0) is 13.5. The number of nitrogens with one attached hydrogen (secondary N) is 2. The van der Waals surface area contributed by atoms with Gasteiger partial charge in [0.1, 0.15) is 18.0 Å². The number of anilines is 2. The van der Waals surface area contributed by atoms with E-state index in [1.54, 1.807) is 6.33 Å². The molecule has 5 heteroatoms. The third-order valence-electron chi connectivity index (χ3n) is 2.68. The van der Waals surface area contributed by atoms with Crippen LogP contribution in [0.1, 0.15) is 12.5 Å². The normalized spacial score (nSPS) is 10.2. The largest absolute Gasteiger partial charge is 0.370 e. The molecule has 1 heterocycles. The van der Waals surface area contributed by atoms with Gasteiger partial charge in [0.25, 0.3) is 0 Å². The first kappa shape index (κ1) is 13.8. The Bertz CT molecular complexity index is 530. The topological polar surface area (TPSA) is 49.8 Å². The van der Waals surface area contributed by atoms with E-state index in [1.165, 1.54) is 5.56 Å². The van der Waals surface area contributed by atoms with Crippen LogP contribution in [-0.2, 0) is 6.42 Å². The predicted molar refractivity (Wildman–Crippen MR) is 82.5 cm³/mol. The van der Waals surface area contributed by atoms with Gasteiger partial charge in [-0.2, -0.15) is 0 Å². The van der Waals surface area contributed by atoms with Crippen LogP contribution in [-0.4, -0.2) is 23.1 Å². The highest BCUT2D eigenvalue weighted by Crippen LogP contribution is 2.16. The maximum Gasteiger partial charge on any atom is 0.131 e. The molecule has 0 radical (unpaired) electrons. The Labute approximate surface area is 121 Å². The van der Waals surface area contributed by atoms with Gasteiger partial charge in [0.2, 0.25) is 0 Å². The number of aromatic nitrogens is 2. The molecule has 2 rings (SSSR count). The molecule has 0 atom stereocenters. The zero-order valence-electron chi connectivity index (χ0n) is 10.9. The molecule has 0 spiro atoms.